The van der Waals surface area contributed by atoms with Gasteiger partial charge in [-0.05, 0) is 36.1 Å². The predicted octanol–water partition coefficient (Wildman–Crippen LogP) is 0.806. The van der Waals surface area contributed by atoms with Crippen molar-refractivity contribution >= 4 is 17.7 Å². The number of nitrogens with two attached hydrogens (primary N) is 1. The number of thioether (sulfide) groups is 1. The van der Waals surface area contributed by atoms with E-state index in [0.717, 1.165) is 44.9 Å². The van der Waals surface area contributed by atoms with E-state index in [1.54, 1.807) is 11.8 Å². The fourth-order valence-electron chi connectivity index (χ4n) is 2.48. The second-order valence-electron chi connectivity index (χ2n) is 5.34. The molecule has 2 N–H and O–H groups in total. The minimum Gasteiger partial charge on any atom is -0.339 e. The van der Waals surface area contributed by atoms with Crippen molar-refractivity contribution in [2.75, 3.05) is 38.2 Å². The molecule has 0 unspecified atom stereocenters. The van der Waals surface area contributed by atoms with E-state index >= 15 is 0 Å². The van der Waals surface area contributed by atoms with Crippen molar-refractivity contribution in [3.63, 3.8) is 0 Å². The average molecular weight is 308 g/mol. The number of carbonyl (C=O) groups is 1. The molecule has 5 nitrogen and oxygen atoms in total. The minimum absolute atomic E-state index is 0.104. The normalized spacial score (nSPS) is 17.7. The molecule has 6 heteroatoms. The van der Waals surface area contributed by atoms with Gasteiger partial charge in [-0.2, -0.15) is 11.8 Å². The molecule has 1 aliphatic rings. The Labute approximate surface area is 130 Å². The van der Waals surface area contributed by atoms with Crippen molar-refractivity contribution < 1.29 is 4.79 Å². The van der Waals surface area contributed by atoms with Crippen LogP contribution in [0.15, 0.2) is 24.5 Å². The molecule has 116 valence electrons. The molecule has 1 saturated heterocycles. The first-order valence-electron chi connectivity index (χ1n) is 7.35. The van der Waals surface area contributed by atoms with E-state index in [4.69, 9.17) is 5.73 Å². The summed E-state index contributed by atoms with van der Waals surface area (Å²) in [5, 5.41) is 0. The molecule has 2 rings (SSSR count). The van der Waals surface area contributed by atoms with Crippen LogP contribution in [0.1, 0.15) is 12.0 Å². The van der Waals surface area contributed by atoms with Gasteiger partial charge in [-0.25, -0.2) is 0 Å². The van der Waals surface area contributed by atoms with Gasteiger partial charge in [0.2, 0.25) is 5.91 Å². The summed E-state index contributed by atoms with van der Waals surface area (Å²) in [7, 11) is 0. The van der Waals surface area contributed by atoms with E-state index < -0.39 is 0 Å². The van der Waals surface area contributed by atoms with E-state index in [-0.39, 0.29) is 11.9 Å². The van der Waals surface area contributed by atoms with Gasteiger partial charge < -0.3 is 10.6 Å². The largest absolute Gasteiger partial charge is 0.339 e. The van der Waals surface area contributed by atoms with Gasteiger partial charge in [0.25, 0.3) is 0 Å². The smallest absolute Gasteiger partial charge is 0.239 e. The van der Waals surface area contributed by atoms with E-state index in [2.05, 4.69) is 9.88 Å². The topological polar surface area (TPSA) is 62.5 Å². The van der Waals surface area contributed by atoms with Gasteiger partial charge >= 0.3 is 0 Å². The third-order valence-electron chi connectivity index (χ3n) is 3.79. The lowest BCUT2D eigenvalue weighted by Crippen LogP contribution is -2.53. The molecule has 0 radical (unpaired) electrons. The summed E-state index contributed by atoms with van der Waals surface area (Å²) in [6.07, 6.45) is 6.44. The van der Waals surface area contributed by atoms with Crippen molar-refractivity contribution in [3.05, 3.63) is 30.1 Å². The second kappa shape index (κ2) is 8.36. The van der Waals surface area contributed by atoms with Crippen molar-refractivity contribution in [1.82, 2.24) is 14.8 Å². The molecule has 0 aromatic carbocycles. The lowest BCUT2D eigenvalue weighted by Gasteiger charge is -2.35. The zero-order valence-electron chi connectivity index (χ0n) is 12.6. The summed E-state index contributed by atoms with van der Waals surface area (Å²) < 4.78 is 0. The fraction of sp³-hybridized carbons (Fsp3) is 0.600. The van der Waals surface area contributed by atoms with Crippen LogP contribution < -0.4 is 5.73 Å². The number of hydrogen-bond donors (Lipinski definition) is 1. The highest BCUT2D eigenvalue weighted by Gasteiger charge is 2.24. The molecular weight excluding hydrogens is 284 g/mol. The molecule has 1 atom stereocenters. The van der Waals surface area contributed by atoms with Gasteiger partial charge in [-0.15, -0.1) is 0 Å². The van der Waals surface area contributed by atoms with Crippen molar-refractivity contribution in [1.29, 1.82) is 0 Å². The molecule has 0 aliphatic carbocycles. The van der Waals surface area contributed by atoms with E-state index in [0.29, 0.717) is 0 Å². The highest BCUT2D eigenvalue weighted by atomic mass is 32.2. The first-order valence-corrected chi connectivity index (χ1v) is 8.74. The molecule has 0 spiro atoms. The maximum Gasteiger partial charge on any atom is 0.239 e. The quantitative estimate of drug-likeness (QED) is 0.842. The Bertz CT molecular complexity index is 435. The van der Waals surface area contributed by atoms with Crippen LogP contribution in [-0.4, -0.2) is 64.9 Å². The number of rotatable bonds is 6. The van der Waals surface area contributed by atoms with Crippen molar-refractivity contribution in [2.45, 2.75) is 19.0 Å². The van der Waals surface area contributed by atoms with E-state index in [1.165, 1.54) is 5.56 Å². The van der Waals surface area contributed by atoms with Crippen LogP contribution in [0, 0.1) is 0 Å². The van der Waals surface area contributed by atoms with E-state index in [1.807, 2.05) is 35.7 Å². The lowest BCUT2D eigenvalue weighted by molar-refractivity contribution is -0.134. The minimum atomic E-state index is -0.343. The van der Waals surface area contributed by atoms with Crippen LogP contribution in [-0.2, 0) is 11.3 Å². The molecule has 2 heterocycles. The van der Waals surface area contributed by atoms with Crippen LogP contribution in [0.25, 0.3) is 0 Å². The number of hydrogen-bond acceptors (Lipinski definition) is 5. The first kappa shape index (κ1) is 16.3. The number of aromatic nitrogens is 1. The maximum absolute atomic E-state index is 12.2. The Balaban J connectivity index is 1.76. The molecule has 1 aromatic heterocycles. The van der Waals surface area contributed by atoms with Gasteiger partial charge in [0, 0.05) is 45.1 Å². The Morgan fingerprint density at radius 1 is 1.33 bits per heavy atom. The molecule has 0 saturated carbocycles. The standard InChI is InChI=1S/C15H24N4OS/c1-21-11-4-14(16)15(20)19-9-7-18(8-10-19)12-13-2-5-17-6-3-13/h2-3,5-6,14H,4,7-12,16H2,1H3/t14-/m1/s1. The summed E-state index contributed by atoms with van der Waals surface area (Å²) >= 11 is 1.73. The second-order valence-corrected chi connectivity index (χ2v) is 6.33. The van der Waals surface area contributed by atoms with Gasteiger partial charge in [0.15, 0.2) is 0 Å². The Morgan fingerprint density at radius 3 is 2.62 bits per heavy atom. The molecule has 1 aromatic rings. The van der Waals surface area contributed by atoms with Crippen LogP contribution in [0.4, 0.5) is 0 Å². The Morgan fingerprint density at radius 2 is 2.00 bits per heavy atom. The van der Waals surface area contributed by atoms with E-state index in [9.17, 15) is 4.79 Å². The molecule has 1 aliphatic heterocycles. The van der Waals surface area contributed by atoms with Gasteiger partial charge in [0.1, 0.15) is 0 Å². The Hall–Kier alpha value is -1.11. The third kappa shape index (κ3) is 4.98. The van der Waals surface area contributed by atoms with Crippen LogP contribution >= 0.6 is 11.8 Å². The van der Waals surface area contributed by atoms with Crippen molar-refractivity contribution in [2.24, 2.45) is 5.73 Å². The molecule has 1 amide bonds. The van der Waals surface area contributed by atoms with Gasteiger partial charge in [0.05, 0.1) is 6.04 Å². The van der Waals surface area contributed by atoms with Gasteiger partial charge in [-0.1, -0.05) is 0 Å². The van der Waals surface area contributed by atoms with Crippen molar-refractivity contribution in [3.8, 4) is 0 Å². The summed E-state index contributed by atoms with van der Waals surface area (Å²) in [6, 6.07) is 3.73. The summed E-state index contributed by atoms with van der Waals surface area (Å²) in [5.41, 5.74) is 7.23. The number of pyridine rings is 1. The SMILES string of the molecule is CSCC[C@@H](N)C(=O)N1CCN(Cc2ccncc2)CC1. The molecule has 1 fully saturated rings. The first-order chi connectivity index (χ1) is 10.2. The zero-order chi connectivity index (χ0) is 15.1. The molecule has 0 bridgehead atoms. The van der Waals surface area contributed by atoms with Crippen LogP contribution in [0.2, 0.25) is 0 Å². The fourth-order valence-corrected chi connectivity index (χ4v) is 2.97. The van der Waals surface area contributed by atoms with Gasteiger partial charge in [-0.3, -0.25) is 14.7 Å². The number of amides is 1. The number of carbonyl (C=O) groups excluding carboxylic acids is 1. The average Bonchev–Trinajstić information content (AvgIpc) is 2.53. The zero-order valence-corrected chi connectivity index (χ0v) is 13.4. The number of nitrogens with zero attached hydrogens (tertiary/aromatic N) is 3. The van der Waals surface area contributed by atoms with Crippen LogP contribution in [0.3, 0.4) is 0 Å². The monoisotopic (exact) mass is 308 g/mol. The lowest BCUT2D eigenvalue weighted by atomic mass is 10.2. The third-order valence-corrected chi connectivity index (χ3v) is 4.43. The highest BCUT2D eigenvalue weighted by Crippen LogP contribution is 2.10. The Kier molecular flexibility index (Phi) is 6.48. The predicted molar refractivity (Wildman–Crippen MR) is 87.1 cm³/mol. The maximum atomic E-state index is 12.2. The highest BCUT2D eigenvalue weighted by molar-refractivity contribution is 7.98. The summed E-state index contributed by atoms with van der Waals surface area (Å²) in [4.78, 5) is 20.5. The summed E-state index contributed by atoms with van der Waals surface area (Å²) in [5.74, 6) is 1.04. The number of piperazine rings is 1. The summed E-state index contributed by atoms with van der Waals surface area (Å²) in [6.45, 7) is 4.28. The molecule has 21 heavy (non-hydrogen) atoms. The molecular formula is C15H24N4OS. The van der Waals surface area contributed by atoms with Crippen LogP contribution in [0.5, 0.6) is 0 Å².